The number of hydrogen-bond acceptors (Lipinski definition) is 3. The fraction of sp³-hybridized carbons (Fsp3) is 0.647. The molecule has 0 amide bonds. The van der Waals surface area contributed by atoms with Crippen LogP contribution in [0, 0.1) is 0 Å². The zero-order valence-electron chi connectivity index (χ0n) is 13.1. The van der Waals surface area contributed by atoms with Crippen molar-refractivity contribution in [2.75, 3.05) is 26.7 Å². The van der Waals surface area contributed by atoms with Gasteiger partial charge in [0, 0.05) is 6.04 Å². The molecule has 2 rings (SSSR count). The Balaban J connectivity index is 1.94. The molecule has 0 radical (unpaired) electrons. The monoisotopic (exact) mass is 276 g/mol. The molecule has 0 aromatic heterocycles. The van der Waals surface area contributed by atoms with E-state index in [9.17, 15) is 0 Å². The molecule has 1 aliphatic carbocycles. The Morgan fingerprint density at radius 2 is 2.05 bits per heavy atom. The van der Waals surface area contributed by atoms with E-state index in [2.05, 4.69) is 48.3 Å². The third-order valence-corrected chi connectivity index (χ3v) is 4.06. The van der Waals surface area contributed by atoms with Gasteiger partial charge in [-0.3, -0.25) is 0 Å². The highest BCUT2D eigenvalue weighted by atomic mass is 16.5. The maximum atomic E-state index is 5.89. The van der Waals surface area contributed by atoms with Crippen molar-refractivity contribution >= 4 is 0 Å². The summed E-state index contributed by atoms with van der Waals surface area (Å²) < 4.78 is 5.89. The van der Waals surface area contributed by atoms with E-state index in [0.717, 1.165) is 31.8 Å². The molecule has 0 spiro atoms. The fourth-order valence-electron chi connectivity index (χ4n) is 2.51. The summed E-state index contributed by atoms with van der Waals surface area (Å²) in [6.07, 6.45) is 4.02. The van der Waals surface area contributed by atoms with E-state index in [-0.39, 0.29) is 0 Å². The number of ether oxygens (including phenoxy) is 1. The molecule has 1 atom stereocenters. The highest BCUT2D eigenvalue weighted by Gasteiger charge is 2.23. The van der Waals surface area contributed by atoms with Crippen LogP contribution in [0.5, 0.6) is 5.75 Å². The Labute approximate surface area is 123 Å². The van der Waals surface area contributed by atoms with Crippen molar-refractivity contribution in [1.29, 1.82) is 0 Å². The third kappa shape index (κ3) is 4.50. The number of benzene rings is 1. The quantitative estimate of drug-likeness (QED) is 0.749. The van der Waals surface area contributed by atoms with Crippen molar-refractivity contribution in [2.45, 2.75) is 45.3 Å². The Hall–Kier alpha value is -1.06. The lowest BCUT2D eigenvalue weighted by Gasteiger charge is -2.23. The van der Waals surface area contributed by atoms with Crippen LogP contribution in [-0.2, 0) is 0 Å². The zero-order valence-corrected chi connectivity index (χ0v) is 13.1. The Bertz CT molecular complexity index is 400. The first-order chi connectivity index (χ1) is 9.76. The van der Waals surface area contributed by atoms with Gasteiger partial charge in [-0.1, -0.05) is 26.0 Å². The lowest BCUT2D eigenvalue weighted by atomic mass is 10.0. The first kappa shape index (κ1) is 15.3. The molecule has 0 aliphatic heterocycles. The standard InChI is InChI=1S/C17H28N2O/c1-4-19(5-2)12-11-17(18-3)14-7-6-8-16(13-14)20-15-9-10-15/h6-8,13,15,17-18H,4-5,9-12H2,1-3H3. The summed E-state index contributed by atoms with van der Waals surface area (Å²) in [5.41, 5.74) is 1.33. The van der Waals surface area contributed by atoms with Gasteiger partial charge >= 0.3 is 0 Å². The van der Waals surface area contributed by atoms with Gasteiger partial charge in [-0.15, -0.1) is 0 Å². The van der Waals surface area contributed by atoms with Gasteiger partial charge in [-0.25, -0.2) is 0 Å². The fourth-order valence-corrected chi connectivity index (χ4v) is 2.51. The molecule has 112 valence electrons. The molecular weight excluding hydrogens is 248 g/mol. The van der Waals surface area contributed by atoms with Crippen molar-refractivity contribution < 1.29 is 4.74 Å². The lowest BCUT2D eigenvalue weighted by Crippen LogP contribution is -2.28. The molecule has 1 aliphatic rings. The van der Waals surface area contributed by atoms with Crippen LogP contribution in [0.15, 0.2) is 24.3 Å². The predicted octanol–water partition coefficient (Wildman–Crippen LogP) is 3.22. The molecule has 3 nitrogen and oxygen atoms in total. The van der Waals surface area contributed by atoms with Crippen LogP contribution in [0.2, 0.25) is 0 Å². The van der Waals surface area contributed by atoms with Crippen LogP contribution in [0.25, 0.3) is 0 Å². The first-order valence-corrected chi connectivity index (χ1v) is 7.93. The van der Waals surface area contributed by atoms with Crippen molar-refractivity contribution in [1.82, 2.24) is 10.2 Å². The second-order valence-electron chi connectivity index (χ2n) is 5.55. The predicted molar refractivity (Wildman–Crippen MR) is 84.3 cm³/mol. The minimum absolute atomic E-state index is 0.401. The van der Waals surface area contributed by atoms with Gasteiger partial charge in [0.25, 0.3) is 0 Å². The first-order valence-electron chi connectivity index (χ1n) is 7.93. The second kappa shape index (κ2) is 7.65. The zero-order chi connectivity index (χ0) is 14.4. The lowest BCUT2D eigenvalue weighted by molar-refractivity contribution is 0.283. The van der Waals surface area contributed by atoms with Gasteiger partial charge in [-0.2, -0.15) is 0 Å². The molecule has 1 fully saturated rings. The smallest absolute Gasteiger partial charge is 0.120 e. The summed E-state index contributed by atoms with van der Waals surface area (Å²) >= 11 is 0. The maximum Gasteiger partial charge on any atom is 0.120 e. The summed E-state index contributed by atoms with van der Waals surface area (Å²) in [5, 5.41) is 3.44. The van der Waals surface area contributed by atoms with Crippen LogP contribution in [-0.4, -0.2) is 37.7 Å². The SMILES string of the molecule is CCN(CC)CCC(NC)c1cccc(OC2CC2)c1. The molecule has 1 aromatic carbocycles. The minimum Gasteiger partial charge on any atom is -0.490 e. The van der Waals surface area contributed by atoms with E-state index >= 15 is 0 Å². The molecule has 20 heavy (non-hydrogen) atoms. The molecule has 0 saturated heterocycles. The van der Waals surface area contributed by atoms with E-state index in [1.165, 1.54) is 18.4 Å². The van der Waals surface area contributed by atoms with Crippen LogP contribution < -0.4 is 10.1 Å². The molecule has 1 saturated carbocycles. The van der Waals surface area contributed by atoms with Crippen LogP contribution in [0.3, 0.4) is 0 Å². The molecule has 0 bridgehead atoms. The van der Waals surface area contributed by atoms with Crippen molar-refractivity contribution in [3.63, 3.8) is 0 Å². The van der Waals surface area contributed by atoms with Gasteiger partial charge in [0.15, 0.2) is 0 Å². The van der Waals surface area contributed by atoms with Gasteiger partial charge in [0.1, 0.15) is 5.75 Å². The number of nitrogens with zero attached hydrogens (tertiary/aromatic N) is 1. The maximum absolute atomic E-state index is 5.89. The van der Waals surface area contributed by atoms with Crippen LogP contribution in [0.1, 0.15) is 44.7 Å². The van der Waals surface area contributed by atoms with Gasteiger partial charge in [0.05, 0.1) is 6.10 Å². The average molecular weight is 276 g/mol. The Kier molecular flexibility index (Phi) is 5.86. The highest BCUT2D eigenvalue weighted by molar-refractivity contribution is 5.31. The van der Waals surface area contributed by atoms with E-state index in [4.69, 9.17) is 4.74 Å². The van der Waals surface area contributed by atoms with Gasteiger partial charge < -0.3 is 15.0 Å². The summed E-state index contributed by atoms with van der Waals surface area (Å²) in [4.78, 5) is 2.47. The molecular formula is C17H28N2O. The normalized spacial score (nSPS) is 16.4. The molecule has 3 heteroatoms. The van der Waals surface area contributed by atoms with Crippen molar-refractivity contribution in [3.05, 3.63) is 29.8 Å². The highest BCUT2D eigenvalue weighted by Crippen LogP contribution is 2.28. The third-order valence-electron chi connectivity index (χ3n) is 4.06. The van der Waals surface area contributed by atoms with E-state index in [1.807, 2.05) is 7.05 Å². The topological polar surface area (TPSA) is 24.5 Å². The molecule has 1 unspecified atom stereocenters. The van der Waals surface area contributed by atoms with Crippen molar-refractivity contribution in [3.8, 4) is 5.75 Å². The summed E-state index contributed by atoms with van der Waals surface area (Å²) in [6, 6.07) is 8.97. The van der Waals surface area contributed by atoms with Crippen molar-refractivity contribution in [2.24, 2.45) is 0 Å². The Morgan fingerprint density at radius 1 is 1.30 bits per heavy atom. The van der Waals surface area contributed by atoms with Gasteiger partial charge in [0.2, 0.25) is 0 Å². The minimum atomic E-state index is 0.401. The summed E-state index contributed by atoms with van der Waals surface area (Å²) in [6.45, 7) is 7.83. The number of hydrogen-bond donors (Lipinski definition) is 1. The largest absolute Gasteiger partial charge is 0.490 e. The average Bonchev–Trinajstić information content (AvgIpc) is 3.28. The molecule has 1 aromatic rings. The van der Waals surface area contributed by atoms with Gasteiger partial charge in [-0.05, 0) is 63.6 Å². The van der Waals surface area contributed by atoms with Crippen LogP contribution >= 0.6 is 0 Å². The second-order valence-corrected chi connectivity index (χ2v) is 5.55. The number of rotatable bonds is 9. The van der Waals surface area contributed by atoms with Crippen LogP contribution in [0.4, 0.5) is 0 Å². The van der Waals surface area contributed by atoms with E-state index in [0.29, 0.717) is 12.1 Å². The number of nitrogens with one attached hydrogen (secondary N) is 1. The van der Waals surface area contributed by atoms with E-state index < -0.39 is 0 Å². The molecule has 1 N–H and O–H groups in total. The Morgan fingerprint density at radius 3 is 2.65 bits per heavy atom. The van der Waals surface area contributed by atoms with E-state index in [1.54, 1.807) is 0 Å². The summed E-state index contributed by atoms with van der Waals surface area (Å²) in [5.74, 6) is 1.02. The summed E-state index contributed by atoms with van der Waals surface area (Å²) in [7, 11) is 2.04. The molecule has 0 heterocycles.